The predicted molar refractivity (Wildman–Crippen MR) is 57.8 cm³/mol. The Balaban J connectivity index is 2.86. The Morgan fingerprint density at radius 3 is 2.69 bits per heavy atom. The van der Waals surface area contributed by atoms with Crippen molar-refractivity contribution in [1.82, 2.24) is 0 Å². The number of aliphatic hydroxyl groups is 2. The van der Waals surface area contributed by atoms with E-state index in [0.29, 0.717) is 11.1 Å². The molecule has 2 unspecified atom stereocenters. The molecule has 0 spiro atoms. The summed E-state index contributed by atoms with van der Waals surface area (Å²) in [5.74, 6) is 0.0954. The standard InChI is InChI=1S/C10H13N3O3/c1-6-4-7(14)2-3-8(6)10(16)9(15)5-12-13-11/h2-4,9-10,14-16H,5H2,1H3. The monoisotopic (exact) mass is 223 g/mol. The van der Waals surface area contributed by atoms with Crippen LogP contribution in [0.1, 0.15) is 17.2 Å². The molecule has 2 atom stereocenters. The van der Waals surface area contributed by atoms with Gasteiger partial charge in [-0.2, -0.15) is 0 Å². The number of aromatic hydroxyl groups is 1. The maximum absolute atomic E-state index is 9.77. The first-order valence-corrected chi connectivity index (χ1v) is 4.72. The second-order valence-corrected chi connectivity index (χ2v) is 3.47. The SMILES string of the molecule is Cc1cc(O)ccc1C(O)C(O)CN=[N+]=[N-]. The van der Waals surface area contributed by atoms with Gasteiger partial charge in [0, 0.05) is 4.91 Å². The van der Waals surface area contributed by atoms with E-state index in [0.717, 1.165) is 0 Å². The molecule has 0 fully saturated rings. The molecular weight excluding hydrogens is 210 g/mol. The molecule has 0 saturated carbocycles. The van der Waals surface area contributed by atoms with Crippen molar-refractivity contribution < 1.29 is 15.3 Å². The minimum Gasteiger partial charge on any atom is -0.508 e. The topological polar surface area (TPSA) is 109 Å². The number of hydrogen-bond donors (Lipinski definition) is 3. The van der Waals surface area contributed by atoms with Gasteiger partial charge in [-0.15, -0.1) is 0 Å². The van der Waals surface area contributed by atoms with Crippen LogP contribution < -0.4 is 0 Å². The summed E-state index contributed by atoms with van der Waals surface area (Å²) in [5, 5.41) is 31.7. The van der Waals surface area contributed by atoms with Crippen LogP contribution >= 0.6 is 0 Å². The number of nitrogens with zero attached hydrogens (tertiary/aromatic N) is 3. The summed E-state index contributed by atoms with van der Waals surface area (Å²) >= 11 is 0. The smallest absolute Gasteiger partial charge is 0.115 e. The first-order chi connectivity index (χ1) is 7.56. The number of rotatable bonds is 4. The van der Waals surface area contributed by atoms with Crippen LogP contribution in [-0.4, -0.2) is 28.0 Å². The second-order valence-electron chi connectivity index (χ2n) is 3.47. The van der Waals surface area contributed by atoms with Crippen molar-refractivity contribution in [2.24, 2.45) is 5.11 Å². The first-order valence-electron chi connectivity index (χ1n) is 4.72. The fraction of sp³-hybridized carbons (Fsp3) is 0.400. The van der Waals surface area contributed by atoms with Crippen LogP contribution in [0.2, 0.25) is 0 Å². The fourth-order valence-electron chi connectivity index (χ4n) is 1.42. The Morgan fingerprint density at radius 2 is 2.12 bits per heavy atom. The Kier molecular flexibility index (Phi) is 4.13. The van der Waals surface area contributed by atoms with Crippen molar-refractivity contribution in [2.75, 3.05) is 6.54 Å². The van der Waals surface area contributed by atoms with E-state index in [-0.39, 0.29) is 12.3 Å². The van der Waals surface area contributed by atoms with E-state index in [1.54, 1.807) is 6.92 Å². The molecule has 0 aliphatic rings. The number of hydrogen-bond acceptors (Lipinski definition) is 4. The first kappa shape index (κ1) is 12.3. The summed E-state index contributed by atoms with van der Waals surface area (Å²) in [6, 6.07) is 4.43. The highest BCUT2D eigenvalue weighted by Crippen LogP contribution is 2.24. The lowest BCUT2D eigenvalue weighted by Crippen LogP contribution is -2.21. The van der Waals surface area contributed by atoms with E-state index in [9.17, 15) is 15.3 Å². The van der Waals surface area contributed by atoms with Gasteiger partial charge in [-0.1, -0.05) is 11.2 Å². The van der Waals surface area contributed by atoms with Gasteiger partial charge >= 0.3 is 0 Å². The van der Waals surface area contributed by atoms with Crippen LogP contribution in [-0.2, 0) is 0 Å². The summed E-state index contributed by atoms with van der Waals surface area (Å²) in [6.07, 6.45) is -2.29. The molecule has 1 rings (SSSR count). The Hall–Kier alpha value is -1.75. The maximum Gasteiger partial charge on any atom is 0.115 e. The molecule has 1 aromatic carbocycles. The van der Waals surface area contributed by atoms with Crippen molar-refractivity contribution in [3.05, 3.63) is 39.8 Å². The van der Waals surface area contributed by atoms with Crippen molar-refractivity contribution in [2.45, 2.75) is 19.1 Å². The third-order valence-corrected chi connectivity index (χ3v) is 2.27. The molecule has 0 aromatic heterocycles. The number of aliphatic hydroxyl groups excluding tert-OH is 2. The van der Waals surface area contributed by atoms with Crippen LogP contribution in [0.3, 0.4) is 0 Å². The molecule has 86 valence electrons. The van der Waals surface area contributed by atoms with E-state index >= 15 is 0 Å². The van der Waals surface area contributed by atoms with Crippen LogP contribution in [0.5, 0.6) is 5.75 Å². The molecule has 0 saturated heterocycles. The normalized spacial score (nSPS) is 13.9. The van der Waals surface area contributed by atoms with Gasteiger partial charge in [-0.25, -0.2) is 0 Å². The zero-order valence-corrected chi connectivity index (χ0v) is 8.78. The van der Waals surface area contributed by atoms with Gasteiger partial charge in [0.25, 0.3) is 0 Å². The molecule has 1 aromatic rings. The quantitative estimate of drug-likeness (QED) is 0.407. The molecule has 0 amide bonds. The average Bonchev–Trinajstić information content (AvgIpc) is 2.25. The van der Waals surface area contributed by atoms with Gasteiger partial charge in [0.2, 0.25) is 0 Å². The van der Waals surface area contributed by atoms with Crippen LogP contribution in [0.15, 0.2) is 23.3 Å². The number of phenolic OH excluding ortho intramolecular Hbond substituents is 1. The molecule has 6 nitrogen and oxygen atoms in total. The summed E-state index contributed by atoms with van der Waals surface area (Å²) in [4.78, 5) is 2.50. The molecular formula is C10H13N3O3. The van der Waals surface area contributed by atoms with Crippen LogP contribution in [0.4, 0.5) is 0 Å². The molecule has 0 aliphatic carbocycles. The number of aryl methyl sites for hydroxylation is 1. The van der Waals surface area contributed by atoms with E-state index in [4.69, 9.17) is 5.53 Å². The summed E-state index contributed by atoms with van der Waals surface area (Å²) in [7, 11) is 0. The minimum absolute atomic E-state index is 0.0954. The molecule has 16 heavy (non-hydrogen) atoms. The summed E-state index contributed by atoms with van der Waals surface area (Å²) < 4.78 is 0. The number of phenols is 1. The minimum atomic E-state index is -1.15. The third kappa shape index (κ3) is 2.87. The highest BCUT2D eigenvalue weighted by molar-refractivity contribution is 5.35. The Labute approximate surface area is 92.4 Å². The van der Waals surface area contributed by atoms with Crippen LogP contribution in [0.25, 0.3) is 10.4 Å². The maximum atomic E-state index is 9.77. The predicted octanol–water partition coefficient (Wildman–Crippen LogP) is 1.41. The molecule has 0 aliphatic heterocycles. The number of benzene rings is 1. The molecule has 0 bridgehead atoms. The van der Waals surface area contributed by atoms with Gasteiger partial charge < -0.3 is 15.3 Å². The zero-order chi connectivity index (χ0) is 12.1. The van der Waals surface area contributed by atoms with Gasteiger partial charge in [0.05, 0.1) is 12.6 Å². The van der Waals surface area contributed by atoms with Gasteiger partial charge in [-0.05, 0) is 35.7 Å². The largest absolute Gasteiger partial charge is 0.508 e. The third-order valence-electron chi connectivity index (χ3n) is 2.27. The molecule has 3 N–H and O–H groups in total. The van der Waals surface area contributed by atoms with E-state index < -0.39 is 12.2 Å². The number of azide groups is 1. The summed E-state index contributed by atoms with van der Waals surface area (Å²) in [6.45, 7) is 1.51. The van der Waals surface area contributed by atoms with Gasteiger partial charge in [0.1, 0.15) is 11.9 Å². The lowest BCUT2D eigenvalue weighted by molar-refractivity contribution is 0.0240. The van der Waals surface area contributed by atoms with E-state index in [2.05, 4.69) is 10.0 Å². The lowest BCUT2D eigenvalue weighted by atomic mass is 9.99. The Bertz CT molecular complexity index is 416. The van der Waals surface area contributed by atoms with Gasteiger partial charge in [0.15, 0.2) is 0 Å². The highest BCUT2D eigenvalue weighted by atomic mass is 16.3. The molecule has 6 heteroatoms. The van der Waals surface area contributed by atoms with Gasteiger partial charge in [-0.3, -0.25) is 0 Å². The zero-order valence-electron chi connectivity index (χ0n) is 8.78. The molecule has 0 heterocycles. The van der Waals surface area contributed by atoms with E-state index in [1.165, 1.54) is 18.2 Å². The van der Waals surface area contributed by atoms with Crippen molar-refractivity contribution in [3.8, 4) is 5.75 Å². The highest BCUT2D eigenvalue weighted by Gasteiger charge is 2.19. The fourth-order valence-corrected chi connectivity index (χ4v) is 1.42. The van der Waals surface area contributed by atoms with Crippen molar-refractivity contribution in [3.63, 3.8) is 0 Å². The van der Waals surface area contributed by atoms with Crippen molar-refractivity contribution >= 4 is 0 Å². The van der Waals surface area contributed by atoms with Crippen molar-refractivity contribution in [1.29, 1.82) is 0 Å². The summed E-state index contributed by atoms with van der Waals surface area (Å²) in [5.41, 5.74) is 9.25. The van der Waals surface area contributed by atoms with E-state index in [1.807, 2.05) is 0 Å². The van der Waals surface area contributed by atoms with Crippen LogP contribution in [0, 0.1) is 6.92 Å². The lowest BCUT2D eigenvalue weighted by Gasteiger charge is -2.18. The Morgan fingerprint density at radius 1 is 1.44 bits per heavy atom. The molecule has 0 radical (unpaired) electrons. The second kappa shape index (κ2) is 5.37. The average molecular weight is 223 g/mol.